The number of nitrogens with zero attached hydrogens (tertiary/aromatic N) is 2. The van der Waals surface area contributed by atoms with E-state index in [-0.39, 0.29) is 37.1 Å². The Kier molecular flexibility index (Phi) is 5.34. The maximum absolute atomic E-state index is 11.8. The molecule has 1 heterocycles. The van der Waals surface area contributed by atoms with E-state index in [0.717, 1.165) is 0 Å². The van der Waals surface area contributed by atoms with Gasteiger partial charge in [0, 0.05) is 18.9 Å². The van der Waals surface area contributed by atoms with Crippen LogP contribution in [0.4, 0.5) is 0 Å². The van der Waals surface area contributed by atoms with Gasteiger partial charge < -0.3 is 4.74 Å². The highest BCUT2D eigenvalue weighted by atomic mass is 35.5. The lowest BCUT2D eigenvalue weighted by atomic mass is 10.1. The number of carbonyl (C=O) groups excluding carboxylic acids is 2. The summed E-state index contributed by atoms with van der Waals surface area (Å²) < 4.78 is 6.21. The molecule has 18 heavy (non-hydrogen) atoms. The predicted octanol–water partition coefficient (Wildman–Crippen LogP) is 2.18. The van der Waals surface area contributed by atoms with Crippen LogP contribution in [0.15, 0.2) is 6.20 Å². The Hall–Kier alpha value is -1.36. The van der Waals surface area contributed by atoms with Crippen LogP contribution in [0.1, 0.15) is 38.4 Å². The van der Waals surface area contributed by atoms with E-state index in [1.165, 1.54) is 13.3 Å². The van der Waals surface area contributed by atoms with Gasteiger partial charge in [-0.1, -0.05) is 11.6 Å². The summed E-state index contributed by atoms with van der Waals surface area (Å²) >= 11 is 6.00. The lowest BCUT2D eigenvalue weighted by Gasteiger charge is -2.10. The molecule has 1 aromatic heterocycles. The quantitative estimate of drug-likeness (QED) is 0.745. The van der Waals surface area contributed by atoms with Crippen LogP contribution in [0.3, 0.4) is 0 Å². The van der Waals surface area contributed by atoms with Gasteiger partial charge in [0.1, 0.15) is 5.78 Å². The van der Waals surface area contributed by atoms with Crippen LogP contribution in [-0.4, -0.2) is 28.6 Å². The molecule has 0 atom stereocenters. The summed E-state index contributed by atoms with van der Waals surface area (Å²) in [5.74, 6) is -0.434. The van der Waals surface area contributed by atoms with Crippen LogP contribution < -0.4 is 0 Å². The van der Waals surface area contributed by atoms with Gasteiger partial charge in [-0.25, -0.2) is 0 Å². The van der Waals surface area contributed by atoms with Crippen LogP contribution in [-0.2, 0) is 20.7 Å². The molecule has 0 aromatic carbocycles. The molecule has 0 aliphatic carbocycles. The first-order valence-corrected chi connectivity index (χ1v) is 6.14. The first-order chi connectivity index (χ1) is 8.45. The molecule has 0 aliphatic heterocycles. The van der Waals surface area contributed by atoms with Gasteiger partial charge >= 0.3 is 5.97 Å². The third-order valence-electron chi connectivity index (χ3n) is 2.54. The Morgan fingerprint density at radius 1 is 1.44 bits per heavy atom. The molecule has 0 unspecified atom stereocenters. The van der Waals surface area contributed by atoms with E-state index in [0.29, 0.717) is 10.7 Å². The minimum absolute atomic E-state index is 0.0512. The van der Waals surface area contributed by atoms with Crippen molar-refractivity contribution in [1.82, 2.24) is 9.78 Å². The maximum Gasteiger partial charge on any atom is 0.305 e. The lowest BCUT2D eigenvalue weighted by molar-refractivity contribution is -0.141. The molecule has 0 spiro atoms. The second kappa shape index (κ2) is 6.54. The summed E-state index contributed by atoms with van der Waals surface area (Å²) in [6.07, 6.45) is 1.98. The highest BCUT2D eigenvalue weighted by Crippen LogP contribution is 2.20. The van der Waals surface area contributed by atoms with Crippen molar-refractivity contribution >= 4 is 23.4 Å². The molecular weight excluding hydrogens is 256 g/mol. The largest absolute Gasteiger partial charge is 0.469 e. The van der Waals surface area contributed by atoms with Crippen molar-refractivity contribution in [3.63, 3.8) is 0 Å². The normalized spacial score (nSPS) is 10.7. The smallest absolute Gasteiger partial charge is 0.305 e. The van der Waals surface area contributed by atoms with Crippen molar-refractivity contribution < 1.29 is 14.3 Å². The summed E-state index contributed by atoms with van der Waals surface area (Å²) in [4.78, 5) is 22.7. The second-order valence-electron chi connectivity index (χ2n) is 4.27. The summed E-state index contributed by atoms with van der Waals surface area (Å²) in [5.41, 5.74) is 0.696. The molecule has 0 saturated carbocycles. The number of hydrogen-bond donors (Lipinski definition) is 0. The number of halogens is 1. The van der Waals surface area contributed by atoms with Crippen molar-refractivity contribution in [3.05, 3.63) is 16.9 Å². The van der Waals surface area contributed by atoms with E-state index in [9.17, 15) is 9.59 Å². The lowest BCUT2D eigenvalue weighted by Crippen LogP contribution is -2.13. The molecule has 0 radical (unpaired) electrons. The maximum atomic E-state index is 11.8. The number of ether oxygens (including phenoxy) is 1. The SMILES string of the molecule is COC(=O)CCC(=O)Cc1c(Cl)cnn1C(C)C. The Bertz CT molecular complexity index is 441. The minimum Gasteiger partial charge on any atom is -0.469 e. The van der Waals surface area contributed by atoms with Crippen LogP contribution in [0, 0.1) is 0 Å². The van der Waals surface area contributed by atoms with Crippen molar-refractivity contribution in [2.45, 2.75) is 39.2 Å². The van der Waals surface area contributed by atoms with E-state index in [4.69, 9.17) is 11.6 Å². The average Bonchev–Trinajstić information content (AvgIpc) is 2.68. The topological polar surface area (TPSA) is 61.2 Å². The molecule has 0 amide bonds. The molecule has 0 N–H and O–H groups in total. The first kappa shape index (κ1) is 14.7. The van der Waals surface area contributed by atoms with Crippen molar-refractivity contribution in [3.8, 4) is 0 Å². The summed E-state index contributed by atoms with van der Waals surface area (Å²) in [7, 11) is 1.30. The number of Topliss-reactive ketones (excluding diaryl/α,β-unsaturated/α-hetero) is 1. The summed E-state index contributed by atoms with van der Waals surface area (Å²) in [6.45, 7) is 3.93. The predicted molar refractivity (Wildman–Crippen MR) is 67.6 cm³/mol. The highest BCUT2D eigenvalue weighted by molar-refractivity contribution is 6.31. The number of carbonyl (C=O) groups is 2. The fourth-order valence-corrected chi connectivity index (χ4v) is 1.79. The first-order valence-electron chi connectivity index (χ1n) is 5.76. The molecule has 1 rings (SSSR count). The van der Waals surface area contributed by atoms with Crippen LogP contribution in [0.2, 0.25) is 5.02 Å². The summed E-state index contributed by atoms with van der Waals surface area (Å²) in [6, 6.07) is 0.140. The van der Waals surface area contributed by atoms with Gasteiger partial charge in [0.2, 0.25) is 0 Å². The van der Waals surface area contributed by atoms with E-state index in [1.807, 2.05) is 13.8 Å². The molecule has 100 valence electrons. The zero-order chi connectivity index (χ0) is 13.7. The van der Waals surface area contributed by atoms with Crippen LogP contribution in [0.5, 0.6) is 0 Å². The fourth-order valence-electron chi connectivity index (χ4n) is 1.60. The molecule has 0 aliphatic rings. The third kappa shape index (κ3) is 3.84. The van der Waals surface area contributed by atoms with E-state index >= 15 is 0 Å². The third-order valence-corrected chi connectivity index (χ3v) is 2.85. The van der Waals surface area contributed by atoms with E-state index < -0.39 is 0 Å². The second-order valence-corrected chi connectivity index (χ2v) is 4.68. The Morgan fingerprint density at radius 2 is 2.11 bits per heavy atom. The van der Waals surface area contributed by atoms with Crippen molar-refractivity contribution in [2.24, 2.45) is 0 Å². The standard InChI is InChI=1S/C12H17ClN2O3/c1-8(2)15-11(10(13)7-14-15)6-9(16)4-5-12(17)18-3/h7-8H,4-6H2,1-3H3. The number of rotatable bonds is 6. The molecule has 0 saturated heterocycles. The van der Waals surface area contributed by atoms with E-state index in [1.54, 1.807) is 4.68 Å². The minimum atomic E-state index is -0.383. The number of hydrogen-bond acceptors (Lipinski definition) is 4. The summed E-state index contributed by atoms with van der Waals surface area (Å²) in [5, 5.41) is 4.60. The Morgan fingerprint density at radius 3 is 2.67 bits per heavy atom. The van der Waals surface area contributed by atoms with Gasteiger partial charge in [-0.15, -0.1) is 0 Å². The number of esters is 1. The van der Waals surface area contributed by atoms with Gasteiger partial charge in [0.25, 0.3) is 0 Å². The van der Waals surface area contributed by atoms with Gasteiger partial charge in [-0.2, -0.15) is 5.10 Å². The van der Waals surface area contributed by atoms with Crippen LogP contribution in [0.25, 0.3) is 0 Å². The zero-order valence-electron chi connectivity index (χ0n) is 10.8. The Balaban J connectivity index is 2.64. The molecule has 0 fully saturated rings. The highest BCUT2D eigenvalue weighted by Gasteiger charge is 2.16. The van der Waals surface area contributed by atoms with Gasteiger partial charge in [-0.3, -0.25) is 14.3 Å². The Labute approximate surface area is 111 Å². The monoisotopic (exact) mass is 272 g/mol. The fraction of sp³-hybridized carbons (Fsp3) is 0.583. The number of aromatic nitrogens is 2. The number of ketones is 1. The van der Waals surface area contributed by atoms with E-state index in [2.05, 4.69) is 9.84 Å². The van der Waals surface area contributed by atoms with Crippen molar-refractivity contribution in [1.29, 1.82) is 0 Å². The number of methoxy groups -OCH3 is 1. The zero-order valence-corrected chi connectivity index (χ0v) is 11.5. The van der Waals surface area contributed by atoms with Gasteiger partial charge in [0.05, 0.1) is 30.4 Å². The molecule has 6 heteroatoms. The van der Waals surface area contributed by atoms with Crippen molar-refractivity contribution in [2.75, 3.05) is 7.11 Å². The molecule has 5 nitrogen and oxygen atoms in total. The molecule has 0 bridgehead atoms. The average molecular weight is 273 g/mol. The molecular formula is C12H17ClN2O3. The van der Waals surface area contributed by atoms with Crippen LogP contribution >= 0.6 is 11.6 Å². The van der Waals surface area contributed by atoms with Gasteiger partial charge in [0.15, 0.2) is 0 Å². The molecule has 1 aromatic rings. The van der Waals surface area contributed by atoms with Gasteiger partial charge in [-0.05, 0) is 13.8 Å².